The van der Waals surface area contributed by atoms with E-state index in [1.165, 1.54) is 12.8 Å². The largest absolute Gasteiger partial charge is 0.341 e. The third kappa shape index (κ3) is 2.94. The highest BCUT2D eigenvalue weighted by molar-refractivity contribution is 5.94. The second-order valence-corrected chi connectivity index (χ2v) is 4.66. The number of rotatable bonds is 4. The van der Waals surface area contributed by atoms with Crippen molar-refractivity contribution in [1.29, 1.82) is 0 Å². The van der Waals surface area contributed by atoms with E-state index < -0.39 is 0 Å². The molecule has 1 aliphatic carbocycles. The van der Waals surface area contributed by atoms with Gasteiger partial charge in [0.15, 0.2) is 0 Å². The maximum atomic E-state index is 12.2. The van der Waals surface area contributed by atoms with Gasteiger partial charge in [-0.15, -0.1) is 0 Å². The van der Waals surface area contributed by atoms with Crippen LogP contribution in [0.5, 0.6) is 0 Å². The van der Waals surface area contributed by atoms with Gasteiger partial charge in [0.05, 0.1) is 0 Å². The molecule has 0 unspecified atom stereocenters. The van der Waals surface area contributed by atoms with Crippen LogP contribution in [0.4, 0.5) is 5.82 Å². The van der Waals surface area contributed by atoms with Crippen molar-refractivity contribution in [2.75, 3.05) is 19.0 Å². The molecule has 0 atom stereocenters. The number of anilines is 1. The van der Waals surface area contributed by atoms with Crippen LogP contribution in [0.1, 0.15) is 28.9 Å². The first-order chi connectivity index (χ1) is 8.10. The summed E-state index contributed by atoms with van der Waals surface area (Å²) in [6.07, 6.45) is 2.48. The minimum absolute atomic E-state index is 0.0268. The monoisotopic (exact) mass is 234 g/mol. The molecule has 0 saturated heterocycles. The average Bonchev–Trinajstić information content (AvgIpc) is 3.10. The van der Waals surface area contributed by atoms with E-state index in [0.29, 0.717) is 17.3 Å². The van der Waals surface area contributed by atoms with Crippen molar-refractivity contribution in [3.63, 3.8) is 0 Å². The normalized spacial score (nSPS) is 14.5. The lowest BCUT2D eigenvalue weighted by atomic mass is 10.2. The lowest BCUT2D eigenvalue weighted by Gasteiger charge is -2.17. The van der Waals surface area contributed by atoms with Crippen LogP contribution in [0.15, 0.2) is 12.1 Å². The Morgan fingerprint density at radius 1 is 1.59 bits per heavy atom. The highest BCUT2D eigenvalue weighted by atomic mass is 16.2. The summed E-state index contributed by atoms with van der Waals surface area (Å²) < 4.78 is 0. The van der Waals surface area contributed by atoms with Gasteiger partial charge >= 0.3 is 0 Å². The first kappa shape index (κ1) is 11.9. The van der Waals surface area contributed by atoms with Crippen LogP contribution >= 0.6 is 0 Å². The van der Waals surface area contributed by atoms with Crippen molar-refractivity contribution < 1.29 is 4.79 Å². The third-order valence-corrected chi connectivity index (χ3v) is 2.92. The van der Waals surface area contributed by atoms with Crippen molar-refractivity contribution in [2.24, 2.45) is 11.8 Å². The zero-order valence-electron chi connectivity index (χ0n) is 10.2. The smallest absolute Gasteiger partial charge is 0.253 e. The Hall–Kier alpha value is -1.62. The molecule has 0 bridgehead atoms. The maximum Gasteiger partial charge on any atom is 0.253 e. The molecule has 1 aromatic rings. The van der Waals surface area contributed by atoms with Crippen LogP contribution in [0.2, 0.25) is 0 Å². The molecule has 1 heterocycles. The molecule has 3 N–H and O–H groups in total. The molecule has 2 rings (SSSR count). The maximum absolute atomic E-state index is 12.2. The third-order valence-electron chi connectivity index (χ3n) is 2.92. The van der Waals surface area contributed by atoms with Crippen LogP contribution in [-0.4, -0.2) is 29.4 Å². The summed E-state index contributed by atoms with van der Waals surface area (Å²) in [7, 11) is 1.84. The van der Waals surface area contributed by atoms with E-state index in [0.717, 1.165) is 12.2 Å². The number of amides is 1. The summed E-state index contributed by atoms with van der Waals surface area (Å²) in [4.78, 5) is 18.1. The van der Waals surface area contributed by atoms with E-state index in [2.05, 4.69) is 10.4 Å². The Labute approximate surface area is 101 Å². The summed E-state index contributed by atoms with van der Waals surface area (Å²) in [5.41, 5.74) is 3.89. The van der Waals surface area contributed by atoms with E-state index in [4.69, 9.17) is 5.84 Å². The predicted octanol–water partition coefficient (Wildman–Crippen LogP) is 1.16. The molecule has 17 heavy (non-hydrogen) atoms. The Morgan fingerprint density at radius 3 is 2.88 bits per heavy atom. The van der Waals surface area contributed by atoms with Crippen molar-refractivity contribution in [2.45, 2.75) is 19.8 Å². The first-order valence-corrected chi connectivity index (χ1v) is 5.81. The van der Waals surface area contributed by atoms with Gasteiger partial charge in [-0.2, -0.15) is 0 Å². The number of aryl methyl sites for hydroxylation is 1. The second kappa shape index (κ2) is 4.71. The van der Waals surface area contributed by atoms with Gasteiger partial charge in [0, 0.05) is 24.8 Å². The number of carbonyl (C=O) groups excluding carboxylic acids is 1. The van der Waals surface area contributed by atoms with Crippen LogP contribution in [0.25, 0.3) is 0 Å². The summed E-state index contributed by atoms with van der Waals surface area (Å²) in [6.45, 7) is 2.68. The van der Waals surface area contributed by atoms with Gasteiger partial charge in [-0.05, 0) is 37.8 Å². The average molecular weight is 234 g/mol. The number of nitrogens with one attached hydrogen (secondary N) is 1. The van der Waals surface area contributed by atoms with Gasteiger partial charge < -0.3 is 10.3 Å². The lowest BCUT2D eigenvalue weighted by molar-refractivity contribution is 0.0788. The number of hydrogen-bond donors (Lipinski definition) is 2. The van der Waals surface area contributed by atoms with Crippen molar-refractivity contribution >= 4 is 11.7 Å². The Morgan fingerprint density at radius 2 is 2.29 bits per heavy atom. The fraction of sp³-hybridized carbons (Fsp3) is 0.500. The molecule has 0 spiro atoms. The van der Waals surface area contributed by atoms with Gasteiger partial charge in [0.25, 0.3) is 5.91 Å². The minimum Gasteiger partial charge on any atom is -0.341 e. The molecule has 1 aliphatic rings. The molecule has 1 amide bonds. The fourth-order valence-electron chi connectivity index (χ4n) is 1.86. The molecule has 5 nitrogen and oxygen atoms in total. The molecule has 1 aromatic heterocycles. The number of nitrogen functional groups attached to an aromatic ring is 1. The van der Waals surface area contributed by atoms with E-state index in [9.17, 15) is 4.79 Å². The first-order valence-electron chi connectivity index (χ1n) is 5.81. The van der Waals surface area contributed by atoms with Crippen LogP contribution in [0.3, 0.4) is 0 Å². The van der Waals surface area contributed by atoms with Gasteiger partial charge in [-0.25, -0.2) is 10.8 Å². The van der Waals surface area contributed by atoms with Gasteiger partial charge in [-0.3, -0.25) is 4.79 Å². The van der Waals surface area contributed by atoms with Crippen LogP contribution in [0, 0.1) is 12.8 Å². The zero-order valence-corrected chi connectivity index (χ0v) is 10.2. The van der Waals surface area contributed by atoms with E-state index >= 15 is 0 Å². The minimum atomic E-state index is 0.0268. The van der Waals surface area contributed by atoms with Crippen LogP contribution < -0.4 is 11.3 Å². The van der Waals surface area contributed by atoms with Crippen molar-refractivity contribution in [1.82, 2.24) is 9.88 Å². The van der Waals surface area contributed by atoms with Gasteiger partial charge in [0.2, 0.25) is 0 Å². The number of hydrazine groups is 1. The quantitative estimate of drug-likeness (QED) is 0.605. The van der Waals surface area contributed by atoms with Gasteiger partial charge in [-0.1, -0.05) is 0 Å². The summed E-state index contributed by atoms with van der Waals surface area (Å²) >= 11 is 0. The molecule has 92 valence electrons. The molecule has 5 heteroatoms. The van der Waals surface area contributed by atoms with Crippen molar-refractivity contribution in [3.8, 4) is 0 Å². The molecular weight excluding hydrogens is 216 g/mol. The summed E-state index contributed by atoms with van der Waals surface area (Å²) in [5, 5.41) is 0. The summed E-state index contributed by atoms with van der Waals surface area (Å²) in [5.74, 6) is 6.56. The molecule has 0 radical (unpaired) electrons. The molecular formula is C12H18N4O. The number of aromatic nitrogens is 1. The molecule has 0 aromatic carbocycles. The Bertz CT molecular complexity index is 429. The Kier molecular flexibility index (Phi) is 3.28. The highest BCUT2D eigenvalue weighted by Gasteiger charge is 2.25. The second-order valence-electron chi connectivity index (χ2n) is 4.66. The number of pyridine rings is 1. The lowest BCUT2D eigenvalue weighted by Crippen LogP contribution is -2.29. The SMILES string of the molecule is Cc1cc(C(=O)N(C)CC2CC2)cc(NN)n1. The van der Waals surface area contributed by atoms with E-state index in [1.807, 2.05) is 14.0 Å². The fourth-order valence-corrected chi connectivity index (χ4v) is 1.86. The molecule has 0 aliphatic heterocycles. The van der Waals surface area contributed by atoms with Gasteiger partial charge in [0.1, 0.15) is 5.82 Å². The van der Waals surface area contributed by atoms with Crippen molar-refractivity contribution in [3.05, 3.63) is 23.4 Å². The number of hydrogen-bond acceptors (Lipinski definition) is 4. The zero-order chi connectivity index (χ0) is 12.4. The number of nitrogens with zero attached hydrogens (tertiary/aromatic N) is 2. The standard InChI is InChI=1S/C12H18N4O/c1-8-5-10(6-11(14-8)15-13)12(17)16(2)7-9-3-4-9/h5-6,9H,3-4,7,13H2,1-2H3,(H,14,15). The number of carbonyl (C=O) groups is 1. The van der Waals surface area contributed by atoms with E-state index in [-0.39, 0.29) is 5.91 Å². The van der Waals surface area contributed by atoms with Crippen LogP contribution in [-0.2, 0) is 0 Å². The molecule has 1 saturated carbocycles. The predicted molar refractivity (Wildman–Crippen MR) is 66.5 cm³/mol. The summed E-state index contributed by atoms with van der Waals surface area (Å²) in [6, 6.07) is 3.46. The molecule has 1 fully saturated rings. The van der Waals surface area contributed by atoms with E-state index in [1.54, 1.807) is 17.0 Å². The highest BCUT2D eigenvalue weighted by Crippen LogP contribution is 2.29. The number of nitrogens with two attached hydrogens (primary N) is 1. The topological polar surface area (TPSA) is 71.2 Å². The Balaban J connectivity index is 2.13.